The van der Waals surface area contributed by atoms with Gasteiger partial charge in [0.05, 0.1) is 17.9 Å². The third-order valence-corrected chi connectivity index (χ3v) is 3.80. The number of fused-ring (bicyclic) bond motifs is 1. The third kappa shape index (κ3) is 3.92. The van der Waals surface area contributed by atoms with E-state index < -0.39 is 5.97 Å². The van der Waals surface area contributed by atoms with E-state index in [1.54, 1.807) is 12.1 Å². The number of rotatable bonds is 3. The number of aliphatic imine (C=N–C) groups is 2. The Kier molecular flexibility index (Phi) is 4.90. The molecule has 0 atom stereocenters. The molecule has 0 amide bonds. The van der Waals surface area contributed by atoms with Crippen molar-refractivity contribution in [1.29, 1.82) is 0 Å². The number of carboxylic acids is 1. The second-order valence-electron chi connectivity index (χ2n) is 5.36. The van der Waals surface area contributed by atoms with E-state index in [0.29, 0.717) is 16.5 Å². The molecule has 1 aliphatic heterocycles. The Morgan fingerprint density at radius 1 is 1.24 bits per heavy atom. The fraction of sp³-hybridized carbons (Fsp3) is 0.111. The number of halogens is 1. The summed E-state index contributed by atoms with van der Waals surface area (Å²) in [6.07, 6.45) is 0. The van der Waals surface area contributed by atoms with Crippen LogP contribution in [0.25, 0.3) is 0 Å². The average Bonchev–Trinajstić information content (AvgIpc) is 2.79. The summed E-state index contributed by atoms with van der Waals surface area (Å²) in [5.74, 6) is -0.641. The number of hydrogen-bond acceptors (Lipinski definition) is 5. The van der Waals surface area contributed by atoms with E-state index in [-0.39, 0.29) is 12.3 Å². The van der Waals surface area contributed by atoms with Gasteiger partial charge in [0, 0.05) is 16.1 Å². The zero-order valence-corrected chi connectivity index (χ0v) is 14.2. The highest BCUT2D eigenvalue weighted by atomic mass is 35.5. The second kappa shape index (κ2) is 7.27. The van der Waals surface area contributed by atoms with Gasteiger partial charge in [-0.05, 0) is 25.1 Å². The van der Waals surface area contributed by atoms with Crippen LogP contribution in [0.1, 0.15) is 18.1 Å². The molecule has 1 heterocycles. The van der Waals surface area contributed by atoms with Crippen LogP contribution in [-0.2, 0) is 4.79 Å². The summed E-state index contributed by atoms with van der Waals surface area (Å²) in [6, 6.07) is 15.1. The molecule has 0 aliphatic carbocycles. The van der Waals surface area contributed by atoms with Crippen molar-refractivity contribution >= 4 is 40.5 Å². The van der Waals surface area contributed by atoms with Crippen molar-refractivity contribution in [2.24, 2.45) is 15.1 Å². The number of benzene rings is 2. The maximum Gasteiger partial charge on any atom is 0.351 e. The Labute approximate surface area is 149 Å². The van der Waals surface area contributed by atoms with Crippen molar-refractivity contribution < 1.29 is 9.90 Å². The Balaban J connectivity index is 2.03. The summed E-state index contributed by atoms with van der Waals surface area (Å²) in [5.41, 5.74) is 5.86. The van der Waals surface area contributed by atoms with Gasteiger partial charge in [0.1, 0.15) is 11.5 Å². The molecule has 2 aromatic carbocycles. The monoisotopic (exact) mass is 354 g/mol. The summed E-state index contributed by atoms with van der Waals surface area (Å²) in [7, 11) is 0. The predicted molar refractivity (Wildman–Crippen MR) is 99.4 cm³/mol. The van der Waals surface area contributed by atoms with Crippen LogP contribution >= 0.6 is 11.6 Å². The first kappa shape index (κ1) is 16.9. The molecule has 0 aromatic heterocycles. The Hall–Kier alpha value is -2.99. The average molecular weight is 355 g/mol. The summed E-state index contributed by atoms with van der Waals surface area (Å²) in [5, 5.41) is 13.3. The molecule has 1 aliphatic rings. The van der Waals surface area contributed by atoms with Gasteiger partial charge in [0.2, 0.25) is 0 Å². The van der Waals surface area contributed by atoms with Crippen LogP contribution < -0.4 is 5.43 Å². The van der Waals surface area contributed by atoms with Crippen LogP contribution in [0.2, 0.25) is 5.02 Å². The number of hydrogen-bond donors (Lipinski definition) is 2. The van der Waals surface area contributed by atoms with Gasteiger partial charge >= 0.3 is 5.97 Å². The lowest BCUT2D eigenvalue weighted by Crippen LogP contribution is -2.24. The summed E-state index contributed by atoms with van der Waals surface area (Å²) < 4.78 is 0. The van der Waals surface area contributed by atoms with Crippen LogP contribution in [0.5, 0.6) is 0 Å². The quantitative estimate of drug-likeness (QED) is 0.655. The molecule has 2 aromatic rings. The van der Waals surface area contributed by atoms with Gasteiger partial charge in [-0.25, -0.2) is 9.79 Å². The van der Waals surface area contributed by atoms with E-state index >= 15 is 0 Å². The van der Waals surface area contributed by atoms with Crippen LogP contribution in [0.3, 0.4) is 0 Å². The van der Waals surface area contributed by atoms with E-state index in [9.17, 15) is 4.79 Å². The summed E-state index contributed by atoms with van der Waals surface area (Å²) >= 11 is 6.15. The highest BCUT2D eigenvalue weighted by Crippen LogP contribution is 2.28. The lowest BCUT2D eigenvalue weighted by molar-refractivity contribution is -0.129. The molecule has 7 heteroatoms. The first-order valence-corrected chi connectivity index (χ1v) is 7.93. The van der Waals surface area contributed by atoms with Crippen LogP contribution in [0.4, 0.5) is 5.69 Å². The number of hydrazone groups is 1. The van der Waals surface area contributed by atoms with Crippen LogP contribution in [0, 0.1) is 0 Å². The molecular weight excluding hydrogens is 340 g/mol. The van der Waals surface area contributed by atoms with Gasteiger partial charge < -0.3 is 5.11 Å². The van der Waals surface area contributed by atoms with Crippen molar-refractivity contribution in [3.8, 4) is 0 Å². The molecule has 0 bridgehead atoms. The molecule has 0 fully saturated rings. The zero-order chi connectivity index (χ0) is 17.8. The molecule has 126 valence electrons. The van der Waals surface area contributed by atoms with Crippen molar-refractivity contribution in [3.05, 3.63) is 64.7 Å². The fourth-order valence-corrected chi connectivity index (χ4v) is 2.49. The number of carboxylic acid groups (broad SMARTS) is 1. The van der Waals surface area contributed by atoms with Gasteiger partial charge in [-0.1, -0.05) is 41.9 Å². The van der Waals surface area contributed by atoms with Crippen LogP contribution in [-0.4, -0.2) is 34.9 Å². The fourth-order valence-electron chi connectivity index (χ4n) is 2.31. The summed E-state index contributed by atoms with van der Waals surface area (Å²) in [4.78, 5) is 20.0. The van der Waals surface area contributed by atoms with Gasteiger partial charge in [-0.3, -0.25) is 10.4 Å². The first-order valence-electron chi connectivity index (χ1n) is 7.55. The molecule has 0 saturated heterocycles. The van der Waals surface area contributed by atoms with E-state index in [1.165, 1.54) is 6.92 Å². The summed E-state index contributed by atoms with van der Waals surface area (Å²) in [6.45, 7) is 1.64. The minimum atomic E-state index is -1.10. The normalized spacial score (nSPS) is 14.1. The molecule has 0 unspecified atom stereocenters. The Morgan fingerprint density at radius 3 is 2.72 bits per heavy atom. The predicted octanol–water partition coefficient (Wildman–Crippen LogP) is 3.27. The van der Waals surface area contributed by atoms with Crippen molar-refractivity contribution in [2.75, 3.05) is 6.54 Å². The maximum atomic E-state index is 10.9. The SMILES string of the molecule is CC(=NNC1=Nc2ccc(Cl)cc2C(c2ccccc2)=NC1)C(=O)O. The molecule has 3 rings (SSSR count). The number of aliphatic carboxylic acids is 1. The number of nitrogens with one attached hydrogen (secondary N) is 1. The maximum absolute atomic E-state index is 10.9. The van der Waals surface area contributed by atoms with E-state index in [4.69, 9.17) is 16.7 Å². The third-order valence-electron chi connectivity index (χ3n) is 3.57. The molecule has 0 spiro atoms. The molecule has 2 N–H and O–H groups in total. The largest absolute Gasteiger partial charge is 0.477 e. The standard InChI is InChI=1S/C18H15ClN4O2/c1-11(18(24)25)22-23-16-10-20-17(12-5-3-2-4-6-12)14-9-13(19)7-8-15(14)21-16/h2-9H,10H2,1H3,(H,21,23)(H,24,25). The molecule has 0 radical (unpaired) electrons. The van der Waals surface area contributed by atoms with Crippen molar-refractivity contribution in [3.63, 3.8) is 0 Å². The lowest BCUT2D eigenvalue weighted by Gasteiger charge is -2.08. The molecular formula is C18H15ClN4O2. The highest BCUT2D eigenvalue weighted by molar-refractivity contribution is 6.34. The van der Waals surface area contributed by atoms with E-state index in [2.05, 4.69) is 20.5 Å². The Bertz CT molecular complexity index is 905. The topological polar surface area (TPSA) is 86.4 Å². The number of amidine groups is 1. The molecule has 0 saturated carbocycles. The molecule has 25 heavy (non-hydrogen) atoms. The first-order chi connectivity index (χ1) is 12.0. The van der Waals surface area contributed by atoms with Crippen molar-refractivity contribution in [2.45, 2.75) is 6.92 Å². The van der Waals surface area contributed by atoms with Gasteiger partial charge in [0.15, 0.2) is 0 Å². The smallest absolute Gasteiger partial charge is 0.351 e. The zero-order valence-electron chi connectivity index (χ0n) is 13.4. The minimum Gasteiger partial charge on any atom is -0.477 e. The van der Waals surface area contributed by atoms with Gasteiger partial charge in [-0.15, -0.1) is 0 Å². The Morgan fingerprint density at radius 2 is 2.00 bits per heavy atom. The van der Waals surface area contributed by atoms with E-state index in [0.717, 1.165) is 16.8 Å². The molecule has 6 nitrogen and oxygen atoms in total. The number of carbonyl (C=O) groups is 1. The van der Waals surface area contributed by atoms with E-state index in [1.807, 2.05) is 36.4 Å². The highest BCUT2D eigenvalue weighted by Gasteiger charge is 2.16. The van der Waals surface area contributed by atoms with Crippen molar-refractivity contribution in [1.82, 2.24) is 5.43 Å². The number of nitrogens with zero attached hydrogens (tertiary/aromatic N) is 3. The minimum absolute atomic E-state index is 0.0597. The van der Waals surface area contributed by atoms with Gasteiger partial charge in [-0.2, -0.15) is 5.10 Å². The van der Waals surface area contributed by atoms with Crippen LogP contribution in [0.15, 0.2) is 63.6 Å². The lowest BCUT2D eigenvalue weighted by atomic mass is 10.0. The second-order valence-corrected chi connectivity index (χ2v) is 5.80. The van der Waals surface area contributed by atoms with Gasteiger partial charge in [0.25, 0.3) is 0 Å².